The van der Waals surface area contributed by atoms with Crippen molar-refractivity contribution in [3.05, 3.63) is 0 Å². The van der Waals surface area contributed by atoms with Crippen LogP contribution in [0.1, 0.15) is 427 Å². The Bertz CT molecular complexity index is 1960. The van der Waals surface area contributed by atoms with Crippen LogP contribution in [0.4, 0.5) is 0 Å². The van der Waals surface area contributed by atoms with Crippen LogP contribution in [0.5, 0.6) is 0 Å². The van der Waals surface area contributed by atoms with Crippen molar-refractivity contribution in [3.63, 3.8) is 0 Å². The van der Waals surface area contributed by atoms with Crippen LogP contribution in [0, 0.1) is 17.8 Å². The highest BCUT2D eigenvalue weighted by Crippen LogP contribution is 2.45. The van der Waals surface area contributed by atoms with E-state index in [1.54, 1.807) is 0 Å². The summed E-state index contributed by atoms with van der Waals surface area (Å²) in [5.41, 5.74) is 0. The molecule has 0 spiro atoms. The maximum Gasteiger partial charge on any atom is 0.472 e. The fraction of sp³-hybridized carbons (Fsp3) is 0.951. The molecule has 0 fully saturated rings. The van der Waals surface area contributed by atoms with Gasteiger partial charge in [0.05, 0.1) is 26.4 Å². The minimum atomic E-state index is -4.96. The summed E-state index contributed by atoms with van der Waals surface area (Å²) in [6.07, 6.45) is 61.4. The fourth-order valence-electron chi connectivity index (χ4n) is 12.6. The molecule has 0 aliphatic carbocycles. The first-order valence-corrected chi connectivity index (χ1v) is 45.5. The van der Waals surface area contributed by atoms with Gasteiger partial charge in [-0.25, -0.2) is 9.13 Å². The molecule has 0 aliphatic heterocycles. The zero-order chi connectivity index (χ0) is 74.4. The third-order valence-electron chi connectivity index (χ3n) is 20.2. The van der Waals surface area contributed by atoms with Crippen LogP contribution in [0.2, 0.25) is 0 Å². The van der Waals surface area contributed by atoms with Gasteiger partial charge in [0.25, 0.3) is 0 Å². The molecule has 0 aromatic rings. The van der Waals surface area contributed by atoms with E-state index in [1.807, 2.05) is 0 Å². The largest absolute Gasteiger partial charge is 0.472 e. The van der Waals surface area contributed by atoms with Crippen LogP contribution in [-0.4, -0.2) is 96.7 Å². The summed E-state index contributed by atoms with van der Waals surface area (Å²) in [5, 5.41) is 10.6. The predicted octanol–water partition coefficient (Wildman–Crippen LogP) is 24.5. The molecule has 0 aromatic carbocycles. The van der Waals surface area contributed by atoms with Crippen molar-refractivity contribution < 1.29 is 80.2 Å². The number of aliphatic hydroxyl groups excluding tert-OH is 1. The lowest BCUT2D eigenvalue weighted by Crippen LogP contribution is -2.30. The lowest BCUT2D eigenvalue weighted by molar-refractivity contribution is -0.161. The third-order valence-corrected chi connectivity index (χ3v) is 22.1. The molecule has 0 aromatic heterocycles. The molecule has 0 rings (SSSR count). The second kappa shape index (κ2) is 72.3. The Morgan fingerprint density at radius 2 is 0.475 bits per heavy atom. The molecule has 101 heavy (non-hydrogen) atoms. The Hall–Kier alpha value is -1.94. The molecule has 0 bridgehead atoms. The SMILES string of the molecule is CCCCCCCCCC(=O)OC[C@H](COP(=O)(O)OC[C@H](O)COP(=O)(O)OC[C@@H](COC(=O)CCCCCCCCCCCCCCCCCCCCC(C)CC)OC(=O)CCCCCCCCCCCCCCCCCCCCC(C)CC)OC(=O)CCCCCCCCC(C)CC. The lowest BCUT2D eigenvalue weighted by atomic mass is 9.99. The number of rotatable bonds is 80. The smallest absolute Gasteiger partial charge is 0.462 e. The summed E-state index contributed by atoms with van der Waals surface area (Å²) in [4.78, 5) is 72.8. The monoisotopic (exact) mass is 1480 g/mol. The van der Waals surface area contributed by atoms with E-state index in [-0.39, 0.29) is 25.7 Å². The molecule has 19 heteroatoms. The van der Waals surface area contributed by atoms with Crippen molar-refractivity contribution in [3.8, 4) is 0 Å². The van der Waals surface area contributed by atoms with E-state index in [1.165, 1.54) is 225 Å². The van der Waals surface area contributed by atoms with Gasteiger partial charge >= 0.3 is 39.5 Å². The van der Waals surface area contributed by atoms with Gasteiger partial charge < -0.3 is 33.8 Å². The zero-order valence-corrected chi connectivity index (χ0v) is 68.2. The van der Waals surface area contributed by atoms with Crippen LogP contribution < -0.4 is 0 Å². The Kier molecular flexibility index (Phi) is 70.9. The van der Waals surface area contributed by atoms with Crippen LogP contribution in [0.3, 0.4) is 0 Å². The highest BCUT2D eigenvalue weighted by Gasteiger charge is 2.30. The standard InChI is InChI=1S/C82H160O17P2/c1-8-12-13-14-39-49-56-63-79(84)92-69-78(99-82(87)66-59-52-45-44-48-55-62-75(7)11-4)72-97-101(90,91)95-68-76(83)67-94-100(88,89)96-71-77(98-81(86)65-58-51-43-38-34-30-26-22-18-16-20-24-28-32-36-41-47-54-61-74(6)10-3)70-93-80(85)64-57-50-42-37-33-29-25-21-17-15-19-23-27-31-35-40-46-53-60-73(5)9-2/h73-78,83H,8-72H2,1-7H3,(H,88,89)(H,90,91)/t73?,74?,75?,76-,77-,78-/m1/s1. The molecule has 0 aliphatic rings. The minimum Gasteiger partial charge on any atom is -0.462 e. The second-order valence-corrected chi connectivity index (χ2v) is 33.1. The number of hydrogen-bond donors (Lipinski definition) is 3. The average Bonchev–Trinajstić information content (AvgIpc) is 0.960. The summed E-state index contributed by atoms with van der Waals surface area (Å²) in [6.45, 7) is 12.0. The number of unbranched alkanes of at least 4 members (excludes halogenated alkanes) is 45. The van der Waals surface area contributed by atoms with E-state index in [0.29, 0.717) is 25.7 Å². The van der Waals surface area contributed by atoms with Crippen LogP contribution >= 0.6 is 15.6 Å². The normalized spacial score (nSPS) is 14.8. The molecule has 600 valence electrons. The zero-order valence-electron chi connectivity index (χ0n) is 66.4. The maximum atomic E-state index is 13.1. The number of phosphoric acid groups is 2. The third kappa shape index (κ3) is 72.1. The van der Waals surface area contributed by atoms with Gasteiger partial charge in [0.15, 0.2) is 12.2 Å². The first-order chi connectivity index (χ1) is 48.8. The number of phosphoric ester groups is 2. The van der Waals surface area contributed by atoms with Crippen molar-refractivity contribution in [2.24, 2.45) is 17.8 Å². The molecule has 0 saturated carbocycles. The molecule has 0 saturated heterocycles. The van der Waals surface area contributed by atoms with E-state index in [0.717, 1.165) is 120 Å². The molecular weight excluding hydrogens is 1320 g/mol. The summed E-state index contributed by atoms with van der Waals surface area (Å²) >= 11 is 0. The van der Waals surface area contributed by atoms with Crippen molar-refractivity contribution in [1.82, 2.24) is 0 Å². The van der Waals surface area contributed by atoms with Gasteiger partial charge in [0.1, 0.15) is 19.3 Å². The fourth-order valence-corrected chi connectivity index (χ4v) is 14.1. The lowest BCUT2D eigenvalue weighted by Gasteiger charge is -2.21. The molecule has 0 heterocycles. The predicted molar refractivity (Wildman–Crippen MR) is 414 cm³/mol. The highest BCUT2D eigenvalue weighted by atomic mass is 31.2. The van der Waals surface area contributed by atoms with Crippen LogP contribution in [0.15, 0.2) is 0 Å². The minimum absolute atomic E-state index is 0.103. The Labute approximate surface area is 619 Å². The Morgan fingerprint density at radius 1 is 0.277 bits per heavy atom. The van der Waals surface area contributed by atoms with E-state index in [9.17, 15) is 43.2 Å². The topological polar surface area (TPSA) is 237 Å². The van der Waals surface area contributed by atoms with Crippen molar-refractivity contribution >= 4 is 39.5 Å². The first-order valence-electron chi connectivity index (χ1n) is 42.5. The Morgan fingerprint density at radius 3 is 0.703 bits per heavy atom. The highest BCUT2D eigenvalue weighted by molar-refractivity contribution is 7.47. The number of carbonyl (C=O) groups is 4. The number of ether oxygens (including phenoxy) is 4. The molecule has 0 radical (unpaired) electrons. The molecule has 5 unspecified atom stereocenters. The summed E-state index contributed by atoms with van der Waals surface area (Å²) in [6, 6.07) is 0. The van der Waals surface area contributed by atoms with Gasteiger partial charge in [-0.3, -0.25) is 37.3 Å². The van der Waals surface area contributed by atoms with Gasteiger partial charge in [-0.2, -0.15) is 0 Å². The molecule has 8 atom stereocenters. The van der Waals surface area contributed by atoms with Crippen molar-refractivity contribution in [2.75, 3.05) is 39.6 Å². The number of carbonyl (C=O) groups excluding carboxylic acids is 4. The maximum absolute atomic E-state index is 13.1. The van der Waals surface area contributed by atoms with E-state index in [4.69, 9.17) is 37.0 Å². The van der Waals surface area contributed by atoms with Gasteiger partial charge in [0.2, 0.25) is 0 Å². The van der Waals surface area contributed by atoms with Gasteiger partial charge in [-0.15, -0.1) is 0 Å². The van der Waals surface area contributed by atoms with Gasteiger partial charge in [-0.05, 0) is 43.4 Å². The van der Waals surface area contributed by atoms with Crippen LogP contribution in [-0.2, 0) is 65.4 Å². The molecule has 0 amide bonds. The first kappa shape index (κ1) is 99.1. The number of aliphatic hydroxyl groups is 1. The molecular formula is C82H160O17P2. The van der Waals surface area contributed by atoms with E-state index in [2.05, 4.69) is 48.5 Å². The number of esters is 4. The van der Waals surface area contributed by atoms with Crippen molar-refractivity contribution in [2.45, 2.75) is 446 Å². The number of hydrogen-bond acceptors (Lipinski definition) is 15. The van der Waals surface area contributed by atoms with Gasteiger partial charge in [0, 0.05) is 25.7 Å². The Balaban J connectivity index is 5.13. The molecule has 17 nitrogen and oxygen atoms in total. The average molecular weight is 1480 g/mol. The van der Waals surface area contributed by atoms with E-state index < -0.39 is 97.5 Å². The quantitative estimate of drug-likeness (QED) is 0.0222. The summed E-state index contributed by atoms with van der Waals surface area (Å²) in [7, 11) is -9.91. The van der Waals surface area contributed by atoms with Crippen LogP contribution in [0.25, 0.3) is 0 Å². The summed E-state index contributed by atoms with van der Waals surface area (Å²) in [5.74, 6) is 0.346. The van der Waals surface area contributed by atoms with Crippen molar-refractivity contribution in [1.29, 1.82) is 0 Å². The second-order valence-electron chi connectivity index (χ2n) is 30.2. The van der Waals surface area contributed by atoms with E-state index >= 15 is 0 Å². The van der Waals surface area contributed by atoms with Gasteiger partial charge in [-0.1, -0.05) is 376 Å². The summed E-state index contributed by atoms with van der Waals surface area (Å²) < 4.78 is 68.5. The molecule has 3 N–H and O–H groups in total.